The number of aromatic carboxylic acids is 1. The van der Waals surface area contributed by atoms with Crippen LogP contribution in [-0.2, 0) is 5.41 Å². The Hall–Kier alpha value is -2.54. The van der Waals surface area contributed by atoms with Gasteiger partial charge in [0.25, 0.3) is 0 Å². The molecule has 2 rings (SSSR count). The summed E-state index contributed by atoms with van der Waals surface area (Å²) in [5.41, 5.74) is 0.886. The lowest BCUT2D eigenvalue weighted by molar-refractivity contribution is 0.0690. The van der Waals surface area contributed by atoms with Gasteiger partial charge in [-0.05, 0) is 18.1 Å². The molecule has 0 bridgehead atoms. The molecule has 20 heavy (non-hydrogen) atoms. The summed E-state index contributed by atoms with van der Waals surface area (Å²) in [6.45, 7) is 5.89. The van der Waals surface area contributed by atoms with Crippen molar-refractivity contribution in [2.75, 3.05) is 0 Å². The molecule has 0 unspecified atom stereocenters. The van der Waals surface area contributed by atoms with Crippen LogP contribution in [0.3, 0.4) is 0 Å². The van der Waals surface area contributed by atoms with Crippen LogP contribution in [0, 0.1) is 11.8 Å². The van der Waals surface area contributed by atoms with E-state index in [1.165, 1.54) is 0 Å². The van der Waals surface area contributed by atoms with Crippen molar-refractivity contribution in [2.45, 2.75) is 26.2 Å². The summed E-state index contributed by atoms with van der Waals surface area (Å²) in [5.74, 6) is 5.33. The van der Waals surface area contributed by atoms with Gasteiger partial charge < -0.3 is 10.1 Å². The van der Waals surface area contributed by atoms with Gasteiger partial charge >= 0.3 is 5.97 Å². The van der Waals surface area contributed by atoms with Crippen LogP contribution in [0.1, 0.15) is 48.3 Å². The van der Waals surface area contributed by atoms with E-state index in [9.17, 15) is 9.90 Å². The first-order chi connectivity index (χ1) is 9.38. The molecule has 2 N–H and O–H groups in total. The Kier molecular flexibility index (Phi) is 3.62. The maximum atomic E-state index is 11.2. The highest BCUT2D eigenvalue weighted by atomic mass is 16.4. The van der Waals surface area contributed by atoms with Crippen LogP contribution in [0.2, 0.25) is 0 Å². The predicted molar refractivity (Wildman–Crippen MR) is 76.7 cm³/mol. The molecule has 0 fully saturated rings. The van der Waals surface area contributed by atoms with Gasteiger partial charge in [-0.15, -0.1) is 0 Å². The van der Waals surface area contributed by atoms with E-state index in [0.717, 1.165) is 5.56 Å². The smallest absolute Gasteiger partial charge is 0.357 e. The van der Waals surface area contributed by atoms with Crippen molar-refractivity contribution in [3.8, 4) is 11.8 Å². The Bertz CT molecular complexity index is 683. The van der Waals surface area contributed by atoms with E-state index < -0.39 is 5.97 Å². The number of nitrogens with one attached hydrogen (secondary N) is 1. The quantitative estimate of drug-likeness (QED) is 0.781. The van der Waals surface area contributed by atoms with Gasteiger partial charge in [-0.3, -0.25) is 0 Å². The molecular formula is C16H16N2O2. The first kappa shape index (κ1) is 13.9. The van der Waals surface area contributed by atoms with Gasteiger partial charge in [0.05, 0.1) is 0 Å². The Balaban J connectivity index is 2.44. The summed E-state index contributed by atoms with van der Waals surface area (Å²) >= 11 is 0. The van der Waals surface area contributed by atoms with E-state index in [4.69, 9.17) is 0 Å². The van der Waals surface area contributed by atoms with Crippen LogP contribution in [-0.4, -0.2) is 21.0 Å². The van der Waals surface area contributed by atoms with Crippen LogP contribution in [0.5, 0.6) is 0 Å². The third kappa shape index (κ3) is 3.07. The number of hydrogen-bond acceptors (Lipinski definition) is 2. The molecule has 0 aliphatic rings. The van der Waals surface area contributed by atoms with Crippen molar-refractivity contribution < 1.29 is 9.90 Å². The molecule has 0 saturated heterocycles. The summed E-state index contributed by atoms with van der Waals surface area (Å²) in [6, 6.07) is 9.41. The molecule has 1 heterocycles. The second-order valence-corrected chi connectivity index (χ2v) is 5.48. The number of H-pyrrole nitrogens is 1. The van der Waals surface area contributed by atoms with E-state index >= 15 is 0 Å². The van der Waals surface area contributed by atoms with Gasteiger partial charge in [-0.25, -0.2) is 9.78 Å². The Morgan fingerprint density at radius 3 is 2.40 bits per heavy atom. The van der Waals surface area contributed by atoms with Crippen LogP contribution < -0.4 is 0 Å². The van der Waals surface area contributed by atoms with Gasteiger partial charge in [-0.2, -0.15) is 0 Å². The first-order valence-corrected chi connectivity index (χ1v) is 6.29. The van der Waals surface area contributed by atoms with Crippen molar-refractivity contribution in [1.82, 2.24) is 9.97 Å². The fourth-order valence-electron chi connectivity index (χ4n) is 1.63. The summed E-state index contributed by atoms with van der Waals surface area (Å²) in [4.78, 5) is 18.4. The standard InChI is InChI=1S/C16H16N2O2/c1-16(2,3)15-17-12(13(18-15)14(19)20)10-9-11-7-5-4-6-8-11/h4-8H,1-3H3,(H,17,18)(H,19,20). The van der Waals surface area contributed by atoms with Gasteiger partial charge in [0, 0.05) is 11.0 Å². The maximum Gasteiger partial charge on any atom is 0.357 e. The summed E-state index contributed by atoms with van der Waals surface area (Å²) in [6.07, 6.45) is 0. The van der Waals surface area contributed by atoms with Gasteiger partial charge in [0.1, 0.15) is 11.5 Å². The normalized spacial score (nSPS) is 10.8. The van der Waals surface area contributed by atoms with E-state index in [0.29, 0.717) is 11.5 Å². The number of imidazole rings is 1. The number of hydrogen-bond donors (Lipinski definition) is 2. The molecule has 0 amide bonds. The van der Waals surface area contributed by atoms with Gasteiger partial charge in [0.2, 0.25) is 0 Å². The minimum atomic E-state index is -1.07. The predicted octanol–water partition coefficient (Wildman–Crippen LogP) is 2.81. The molecule has 2 aromatic rings. The van der Waals surface area contributed by atoms with Crippen molar-refractivity contribution in [3.63, 3.8) is 0 Å². The summed E-state index contributed by atoms with van der Waals surface area (Å²) in [7, 11) is 0. The highest BCUT2D eigenvalue weighted by Crippen LogP contribution is 2.20. The van der Waals surface area contributed by atoms with Crippen LogP contribution in [0.4, 0.5) is 0 Å². The van der Waals surface area contributed by atoms with Crippen molar-refractivity contribution >= 4 is 5.97 Å². The fraction of sp³-hybridized carbons (Fsp3) is 0.250. The Labute approximate surface area is 117 Å². The lowest BCUT2D eigenvalue weighted by Gasteiger charge is -2.13. The molecule has 0 radical (unpaired) electrons. The molecule has 4 nitrogen and oxygen atoms in total. The van der Waals surface area contributed by atoms with Gasteiger partial charge in [-0.1, -0.05) is 44.9 Å². The largest absolute Gasteiger partial charge is 0.476 e. The molecule has 1 aromatic heterocycles. The van der Waals surface area contributed by atoms with Crippen molar-refractivity contribution in [1.29, 1.82) is 0 Å². The molecule has 4 heteroatoms. The van der Waals surface area contributed by atoms with Crippen molar-refractivity contribution in [2.24, 2.45) is 0 Å². The SMILES string of the molecule is CC(C)(C)c1nc(C(=O)O)c(C#Cc2ccccc2)[nH]1. The highest BCUT2D eigenvalue weighted by molar-refractivity contribution is 5.88. The molecular weight excluding hydrogens is 252 g/mol. The zero-order chi connectivity index (χ0) is 14.8. The molecule has 0 atom stereocenters. The fourth-order valence-corrected chi connectivity index (χ4v) is 1.63. The average molecular weight is 268 g/mol. The highest BCUT2D eigenvalue weighted by Gasteiger charge is 2.23. The number of benzene rings is 1. The molecule has 0 aliphatic heterocycles. The zero-order valence-corrected chi connectivity index (χ0v) is 11.7. The van der Waals surface area contributed by atoms with E-state index in [2.05, 4.69) is 21.8 Å². The Morgan fingerprint density at radius 1 is 1.20 bits per heavy atom. The summed E-state index contributed by atoms with van der Waals surface area (Å²) < 4.78 is 0. The number of rotatable bonds is 1. The zero-order valence-electron chi connectivity index (χ0n) is 11.7. The number of carboxylic acids is 1. The first-order valence-electron chi connectivity index (χ1n) is 6.29. The molecule has 102 valence electrons. The molecule has 0 spiro atoms. The van der Waals surface area contributed by atoms with Crippen LogP contribution >= 0.6 is 0 Å². The second-order valence-electron chi connectivity index (χ2n) is 5.48. The Morgan fingerprint density at radius 2 is 1.85 bits per heavy atom. The van der Waals surface area contributed by atoms with Crippen LogP contribution in [0.25, 0.3) is 0 Å². The van der Waals surface area contributed by atoms with Crippen LogP contribution in [0.15, 0.2) is 30.3 Å². The number of carboxylic acid groups (broad SMARTS) is 1. The second kappa shape index (κ2) is 5.22. The average Bonchev–Trinajstić information content (AvgIpc) is 2.82. The lowest BCUT2D eigenvalue weighted by Crippen LogP contribution is -2.13. The van der Waals surface area contributed by atoms with Gasteiger partial charge in [0.15, 0.2) is 5.69 Å². The molecule has 0 aliphatic carbocycles. The lowest BCUT2D eigenvalue weighted by atomic mass is 9.96. The third-order valence-corrected chi connectivity index (χ3v) is 2.72. The van der Waals surface area contributed by atoms with E-state index in [1.54, 1.807) is 0 Å². The van der Waals surface area contributed by atoms with E-state index in [-0.39, 0.29) is 11.1 Å². The topological polar surface area (TPSA) is 66.0 Å². The number of aromatic amines is 1. The maximum absolute atomic E-state index is 11.2. The monoisotopic (exact) mass is 268 g/mol. The number of carbonyl (C=O) groups is 1. The van der Waals surface area contributed by atoms with E-state index in [1.807, 2.05) is 51.1 Å². The minimum absolute atomic E-state index is 0.0293. The third-order valence-electron chi connectivity index (χ3n) is 2.72. The number of aromatic nitrogens is 2. The summed E-state index contributed by atoms with van der Waals surface area (Å²) in [5, 5.41) is 9.19. The number of nitrogens with zero attached hydrogens (tertiary/aromatic N) is 1. The molecule has 0 saturated carbocycles. The molecule has 1 aromatic carbocycles. The van der Waals surface area contributed by atoms with Crippen molar-refractivity contribution in [3.05, 3.63) is 53.1 Å². The minimum Gasteiger partial charge on any atom is -0.476 e.